The van der Waals surface area contributed by atoms with E-state index in [1.165, 1.54) is 39.6 Å². The number of rotatable bonds is 5. The van der Waals surface area contributed by atoms with E-state index in [0.29, 0.717) is 0 Å². The minimum atomic E-state index is 1.09. The van der Waals surface area contributed by atoms with E-state index in [0.717, 1.165) is 16.5 Å². The van der Waals surface area contributed by atoms with Crippen molar-refractivity contribution < 1.29 is 0 Å². The summed E-state index contributed by atoms with van der Waals surface area (Å²) in [5.74, 6) is 0. The van der Waals surface area contributed by atoms with Crippen LogP contribution in [0, 0.1) is 6.92 Å². The third-order valence-corrected chi connectivity index (χ3v) is 4.86. The standard InChI is InChI=1S/C18H26S/c1-8-10-13(5)16(9-2)11-17-14(6)18(12(3)4)19-15(17)7/h11H,3,7-10H2,1-2,4-6H3/b16-13+,17-11-. The van der Waals surface area contributed by atoms with Crippen molar-refractivity contribution in [3.8, 4) is 0 Å². The zero-order valence-corrected chi connectivity index (χ0v) is 13.8. The van der Waals surface area contributed by atoms with E-state index in [2.05, 4.69) is 53.9 Å². The number of hydrogen-bond acceptors (Lipinski definition) is 1. The molecule has 0 radical (unpaired) electrons. The molecule has 0 atom stereocenters. The van der Waals surface area contributed by atoms with Gasteiger partial charge >= 0.3 is 0 Å². The van der Waals surface area contributed by atoms with Crippen molar-refractivity contribution in [3.63, 3.8) is 0 Å². The monoisotopic (exact) mass is 274 g/mol. The first kappa shape index (κ1) is 16.0. The molecule has 19 heavy (non-hydrogen) atoms. The predicted molar refractivity (Wildman–Crippen MR) is 90.9 cm³/mol. The van der Waals surface area contributed by atoms with E-state index in [1.807, 2.05) is 0 Å². The van der Waals surface area contributed by atoms with Gasteiger partial charge in [-0.25, -0.2) is 0 Å². The summed E-state index contributed by atoms with van der Waals surface area (Å²) in [7, 11) is 0. The first-order valence-electron chi connectivity index (χ1n) is 7.06. The highest BCUT2D eigenvalue weighted by atomic mass is 32.1. The Bertz CT molecular complexity index is 596. The quantitative estimate of drug-likeness (QED) is 0.723. The molecule has 0 spiro atoms. The van der Waals surface area contributed by atoms with Crippen molar-refractivity contribution in [1.82, 2.24) is 0 Å². The van der Waals surface area contributed by atoms with Crippen LogP contribution in [0.15, 0.2) is 17.7 Å². The molecule has 1 aromatic heterocycles. The summed E-state index contributed by atoms with van der Waals surface area (Å²) < 4.78 is 1.16. The maximum atomic E-state index is 4.20. The number of hydrogen-bond donors (Lipinski definition) is 0. The molecule has 0 aliphatic rings. The molecule has 1 aromatic rings. The van der Waals surface area contributed by atoms with Crippen molar-refractivity contribution in [2.24, 2.45) is 0 Å². The Kier molecular flexibility index (Phi) is 5.81. The second-order valence-corrected chi connectivity index (χ2v) is 6.33. The predicted octanol–water partition coefficient (Wildman–Crippen LogP) is 4.81. The molecule has 0 unspecified atom stereocenters. The number of thiophene rings is 1. The minimum absolute atomic E-state index is 1.09. The normalized spacial score (nSPS) is 13.6. The van der Waals surface area contributed by atoms with Gasteiger partial charge in [0.1, 0.15) is 0 Å². The van der Waals surface area contributed by atoms with Crippen LogP contribution in [-0.4, -0.2) is 0 Å². The third-order valence-electron chi connectivity index (χ3n) is 3.53. The Hall–Kier alpha value is -1.08. The van der Waals surface area contributed by atoms with Crippen molar-refractivity contribution in [2.75, 3.05) is 0 Å². The average Bonchev–Trinajstić information content (AvgIpc) is 2.63. The molecule has 1 heterocycles. The topological polar surface area (TPSA) is 0 Å². The molecular weight excluding hydrogens is 248 g/mol. The van der Waals surface area contributed by atoms with Crippen molar-refractivity contribution >= 4 is 29.6 Å². The highest BCUT2D eigenvalue weighted by Gasteiger charge is 2.06. The lowest BCUT2D eigenvalue weighted by Gasteiger charge is -2.05. The molecule has 0 bridgehead atoms. The molecule has 0 amide bonds. The molecule has 0 aliphatic carbocycles. The molecular formula is C18H26S. The van der Waals surface area contributed by atoms with Crippen molar-refractivity contribution in [3.05, 3.63) is 37.9 Å². The lowest BCUT2D eigenvalue weighted by atomic mass is 10.0. The van der Waals surface area contributed by atoms with Crippen LogP contribution < -0.4 is 9.75 Å². The smallest absolute Gasteiger partial charge is 0.0335 e. The van der Waals surface area contributed by atoms with E-state index in [9.17, 15) is 0 Å². The Labute approximate surface area is 121 Å². The van der Waals surface area contributed by atoms with E-state index >= 15 is 0 Å². The second kappa shape index (κ2) is 6.91. The SMILES string of the molecule is C=C(C)c1sc(=C)/c(=C\C(CC)=C(/C)CCC)c1C. The molecule has 0 saturated heterocycles. The third kappa shape index (κ3) is 3.70. The Morgan fingerprint density at radius 2 is 1.89 bits per heavy atom. The molecule has 0 fully saturated rings. The fraction of sp³-hybridized carbons (Fsp3) is 0.444. The zero-order valence-electron chi connectivity index (χ0n) is 13.0. The van der Waals surface area contributed by atoms with Gasteiger partial charge in [-0.2, -0.15) is 0 Å². The Morgan fingerprint density at radius 1 is 1.26 bits per heavy atom. The van der Waals surface area contributed by atoms with Crippen LogP contribution >= 0.6 is 11.3 Å². The molecule has 0 N–H and O–H groups in total. The van der Waals surface area contributed by atoms with Gasteiger partial charge in [0.25, 0.3) is 0 Å². The van der Waals surface area contributed by atoms with Gasteiger partial charge in [-0.15, -0.1) is 11.3 Å². The molecule has 104 valence electrons. The van der Waals surface area contributed by atoms with Crippen LogP contribution in [0.2, 0.25) is 0 Å². The minimum Gasteiger partial charge on any atom is -0.136 e. The van der Waals surface area contributed by atoms with Gasteiger partial charge < -0.3 is 0 Å². The molecule has 0 nitrogen and oxygen atoms in total. The van der Waals surface area contributed by atoms with Crippen LogP contribution in [-0.2, 0) is 0 Å². The highest BCUT2D eigenvalue weighted by Crippen LogP contribution is 2.19. The summed E-state index contributed by atoms with van der Waals surface area (Å²) in [4.78, 5) is 1.29. The van der Waals surface area contributed by atoms with E-state index < -0.39 is 0 Å². The van der Waals surface area contributed by atoms with E-state index in [1.54, 1.807) is 11.3 Å². The fourth-order valence-electron chi connectivity index (χ4n) is 2.42. The molecule has 0 aliphatic heterocycles. The Morgan fingerprint density at radius 3 is 2.32 bits per heavy atom. The van der Waals surface area contributed by atoms with Crippen LogP contribution in [0.1, 0.15) is 57.4 Å². The van der Waals surface area contributed by atoms with Crippen LogP contribution in [0.4, 0.5) is 0 Å². The van der Waals surface area contributed by atoms with Crippen LogP contribution in [0.3, 0.4) is 0 Å². The summed E-state index contributed by atoms with van der Waals surface area (Å²) in [5.41, 5.74) is 5.44. The largest absolute Gasteiger partial charge is 0.136 e. The Balaban J connectivity index is 3.45. The average molecular weight is 274 g/mol. The first-order chi connectivity index (χ1) is 8.92. The summed E-state index contributed by atoms with van der Waals surface area (Å²) in [5, 5.41) is 1.30. The summed E-state index contributed by atoms with van der Waals surface area (Å²) in [6.07, 6.45) is 5.82. The highest BCUT2D eigenvalue weighted by molar-refractivity contribution is 7.11. The summed E-state index contributed by atoms with van der Waals surface area (Å²) in [6.45, 7) is 19.2. The second-order valence-electron chi connectivity index (χ2n) is 5.23. The van der Waals surface area contributed by atoms with Crippen LogP contribution in [0.25, 0.3) is 18.2 Å². The van der Waals surface area contributed by atoms with Crippen molar-refractivity contribution in [1.29, 1.82) is 0 Å². The number of allylic oxidation sites excluding steroid dienone is 3. The maximum absolute atomic E-state index is 4.20. The zero-order chi connectivity index (χ0) is 14.6. The fourth-order valence-corrected chi connectivity index (χ4v) is 3.42. The van der Waals surface area contributed by atoms with Gasteiger partial charge in [0.2, 0.25) is 0 Å². The molecule has 1 rings (SSSR count). The lowest BCUT2D eigenvalue weighted by molar-refractivity contribution is 0.887. The van der Waals surface area contributed by atoms with Gasteiger partial charge in [0.15, 0.2) is 0 Å². The van der Waals surface area contributed by atoms with Gasteiger partial charge in [-0.05, 0) is 55.5 Å². The van der Waals surface area contributed by atoms with E-state index in [-0.39, 0.29) is 0 Å². The van der Waals surface area contributed by atoms with Gasteiger partial charge in [-0.3, -0.25) is 0 Å². The molecule has 1 heteroatoms. The van der Waals surface area contributed by atoms with Gasteiger partial charge in [-0.1, -0.05) is 45.1 Å². The van der Waals surface area contributed by atoms with Crippen LogP contribution in [0.5, 0.6) is 0 Å². The van der Waals surface area contributed by atoms with Gasteiger partial charge in [0.05, 0.1) is 0 Å². The first-order valence-corrected chi connectivity index (χ1v) is 7.88. The molecule has 0 saturated carbocycles. The van der Waals surface area contributed by atoms with Gasteiger partial charge in [0, 0.05) is 9.41 Å². The summed E-state index contributed by atoms with van der Waals surface area (Å²) in [6, 6.07) is 0. The summed E-state index contributed by atoms with van der Waals surface area (Å²) >= 11 is 1.76. The lowest BCUT2D eigenvalue weighted by Crippen LogP contribution is -2.19. The van der Waals surface area contributed by atoms with E-state index in [4.69, 9.17) is 0 Å². The molecule has 0 aromatic carbocycles. The van der Waals surface area contributed by atoms with Crippen molar-refractivity contribution in [2.45, 2.75) is 53.9 Å². The maximum Gasteiger partial charge on any atom is 0.0335 e.